The van der Waals surface area contributed by atoms with Crippen molar-refractivity contribution >= 4 is 38.5 Å². The number of halogens is 3. The zero-order valence-electron chi connectivity index (χ0n) is 6.46. The van der Waals surface area contributed by atoms with Crippen LogP contribution in [0.25, 0.3) is 0 Å². The summed E-state index contributed by atoms with van der Waals surface area (Å²) in [7, 11) is 0. The van der Waals surface area contributed by atoms with Gasteiger partial charge in [0.15, 0.2) is 0 Å². The number of hydrogen-bond donors (Lipinski definition) is 0. The maximum Gasteiger partial charge on any atom is 0.306 e. The van der Waals surface area contributed by atoms with Crippen LogP contribution in [0.15, 0.2) is 16.6 Å². The first-order chi connectivity index (χ1) is 6.45. The second-order valence-corrected chi connectivity index (χ2v) is 3.43. The zero-order chi connectivity index (χ0) is 10.9. The number of nitro benzene ring substituents is 1. The second kappa shape index (κ2) is 4.02. The van der Waals surface area contributed by atoms with E-state index in [1.807, 2.05) is 0 Å². The first kappa shape index (κ1) is 11.1. The molecular formula is C7H2BrClFNO3. The van der Waals surface area contributed by atoms with Crippen molar-refractivity contribution < 1.29 is 14.1 Å². The van der Waals surface area contributed by atoms with E-state index in [4.69, 9.17) is 11.6 Å². The third kappa shape index (κ3) is 1.91. The maximum absolute atomic E-state index is 13.2. The molecule has 0 N–H and O–H groups in total. The Morgan fingerprint density at radius 2 is 2.14 bits per heavy atom. The Hall–Kier alpha value is -1.01. The average Bonchev–Trinajstić information content (AvgIpc) is 2.08. The van der Waals surface area contributed by atoms with Gasteiger partial charge in [0.05, 0.1) is 15.0 Å². The first-order valence-electron chi connectivity index (χ1n) is 3.27. The van der Waals surface area contributed by atoms with Crippen molar-refractivity contribution in [3.63, 3.8) is 0 Å². The van der Waals surface area contributed by atoms with Crippen LogP contribution in [-0.4, -0.2) is 10.2 Å². The van der Waals surface area contributed by atoms with Crippen LogP contribution in [0, 0.1) is 15.9 Å². The van der Waals surface area contributed by atoms with Gasteiger partial charge in [-0.15, -0.1) is 0 Å². The summed E-state index contributed by atoms with van der Waals surface area (Å²) in [6.07, 6.45) is 0. The van der Waals surface area contributed by atoms with Crippen molar-refractivity contribution in [2.75, 3.05) is 0 Å². The summed E-state index contributed by atoms with van der Waals surface area (Å²) in [5, 5.41) is 9.40. The summed E-state index contributed by atoms with van der Waals surface area (Å²) in [5.41, 5.74) is -0.853. The molecule has 1 rings (SSSR count). The number of carbonyl (C=O) groups is 1. The van der Waals surface area contributed by atoms with Crippen molar-refractivity contribution in [1.29, 1.82) is 0 Å². The summed E-state index contributed by atoms with van der Waals surface area (Å²) in [6.45, 7) is 0. The molecule has 0 aliphatic carbocycles. The molecule has 0 aliphatic heterocycles. The predicted molar refractivity (Wildman–Crippen MR) is 50.9 cm³/mol. The van der Waals surface area contributed by atoms with E-state index in [0.29, 0.717) is 0 Å². The first-order valence-corrected chi connectivity index (χ1v) is 4.44. The molecule has 7 heteroatoms. The highest BCUT2D eigenvalue weighted by atomic mass is 79.9. The molecule has 0 aliphatic rings. The smallest absolute Gasteiger partial charge is 0.276 e. The minimum atomic E-state index is -1.11. The van der Waals surface area contributed by atoms with Gasteiger partial charge in [-0.3, -0.25) is 14.9 Å². The van der Waals surface area contributed by atoms with Crippen LogP contribution in [0.5, 0.6) is 0 Å². The summed E-state index contributed by atoms with van der Waals surface area (Å²) in [4.78, 5) is 20.1. The topological polar surface area (TPSA) is 60.2 Å². The molecule has 14 heavy (non-hydrogen) atoms. The van der Waals surface area contributed by atoms with E-state index >= 15 is 0 Å². The molecule has 1 aromatic rings. The van der Waals surface area contributed by atoms with Crippen LogP contribution in [0.1, 0.15) is 10.4 Å². The minimum absolute atomic E-state index is 0.144. The molecule has 0 aromatic heterocycles. The fourth-order valence-corrected chi connectivity index (χ4v) is 1.62. The highest BCUT2D eigenvalue weighted by Gasteiger charge is 2.21. The van der Waals surface area contributed by atoms with Crippen LogP contribution in [0.3, 0.4) is 0 Å². The summed E-state index contributed by atoms with van der Waals surface area (Å²) in [5.74, 6) is -1.11. The van der Waals surface area contributed by atoms with E-state index in [-0.39, 0.29) is 10.0 Å². The molecule has 0 fully saturated rings. The average molecular weight is 282 g/mol. The molecule has 0 radical (unpaired) electrons. The molecule has 0 bridgehead atoms. The monoisotopic (exact) mass is 281 g/mol. The lowest BCUT2D eigenvalue weighted by atomic mass is 10.2. The third-order valence-corrected chi connectivity index (χ3v) is 2.45. The number of rotatable bonds is 2. The molecule has 0 unspecified atom stereocenters. The van der Waals surface area contributed by atoms with Crippen LogP contribution in [0.4, 0.5) is 10.1 Å². The van der Waals surface area contributed by atoms with E-state index in [9.17, 15) is 19.3 Å². The van der Waals surface area contributed by atoms with Gasteiger partial charge in [-0.1, -0.05) is 0 Å². The second-order valence-electron chi connectivity index (χ2n) is 2.29. The lowest BCUT2D eigenvalue weighted by Crippen LogP contribution is -1.98. The van der Waals surface area contributed by atoms with Crippen molar-refractivity contribution in [3.8, 4) is 0 Å². The fraction of sp³-hybridized carbons (Fsp3) is 0. The molecule has 1 aromatic carbocycles. The lowest BCUT2D eigenvalue weighted by molar-refractivity contribution is -0.387. The van der Waals surface area contributed by atoms with Gasteiger partial charge in [0, 0.05) is 6.07 Å². The van der Waals surface area contributed by atoms with Crippen molar-refractivity contribution in [1.82, 2.24) is 0 Å². The molecule has 0 atom stereocenters. The molecule has 0 saturated carbocycles. The van der Waals surface area contributed by atoms with E-state index < -0.39 is 21.7 Å². The van der Waals surface area contributed by atoms with Crippen molar-refractivity contribution in [2.45, 2.75) is 0 Å². The Morgan fingerprint density at radius 3 is 2.57 bits per heavy atom. The highest BCUT2D eigenvalue weighted by molar-refractivity contribution is 9.10. The van der Waals surface area contributed by atoms with Crippen molar-refractivity contribution in [3.05, 3.63) is 38.1 Å². The van der Waals surface area contributed by atoms with Gasteiger partial charge in [-0.05, 0) is 33.6 Å². The van der Waals surface area contributed by atoms with Crippen LogP contribution in [-0.2, 0) is 0 Å². The zero-order valence-corrected chi connectivity index (χ0v) is 8.80. The van der Waals surface area contributed by atoms with E-state index in [2.05, 4.69) is 15.9 Å². The SMILES string of the molecule is O=C(Cl)c1ccc([N+](=O)[O-])c(F)c1Br. The van der Waals surface area contributed by atoms with Gasteiger partial charge in [0.1, 0.15) is 0 Å². The molecule has 0 amide bonds. The molecular weight excluding hydrogens is 280 g/mol. The number of hydrogen-bond acceptors (Lipinski definition) is 3. The van der Waals surface area contributed by atoms with E-state index in [0.717, 1.165) is 12.1 Å². The number of nitro groups is 1. The van der Waals surface area contributed by atoms with Crippen LogP contribution >= 0.6 is 27.5 Å². The Balaban J connectivity index is 3.41. The lowest BCUT2D eigenvalue weighted by Gasteiger charge is -2.00. The van der Waals surface area contributed by atoms with Crippen LogP contribution in [0.2, 0.25) is 0 Å². The van der Waals surface area contributed by atoms with Gasteiger partial charge in [0.25, 0.3) is 5.24 Å². The predicted octanol–water partition coefficient (Wildman–Crippen LogP) is 2.88. The molecule has 74 valence electrons. The number of benzene rings is 1. The van der Waals surface area contributed by atoms with Gasteiger partial charge in [-0.25, -0.2) is 0 Å². The van der Waals surface area contributed by atoms with Crippen molar-refractivity contribution in [2.24, 2.45) is 0 Å². The maximum atomic E-state index is 13.2. The largest absolute Gasteiger partial charge is 0.306 e. The fourth-order valence-electron chi connectivity index (χ4n) is 0.832. The normalized spacial score (nSPS) is 9.93. The van der Waals surface area contributed by atoms with Gasteiger partial charge < -0.3 is 0 Å². The van der Waals surface area contributed by atoms with E-state index in [1.54, 1.807) is 0 Å². The molecule has 0 saturated heterocycles. The molecule has 4 nitrogen and oxygen atoms in total. The molecule has 0 heterocycles. The summed E-state index contributed by atoms with van der Waals surface area (Å²) >= 11 is 7.82. The summed E-state index contributed by atoms with van der Waals surface area (Å²) < 4.78 is 12.9. The Morgan fingerprint density at radius 1 is 1.57 bits per heavy atom. The Bertz CT molecular complexity index is 385. The third-order valence-electron chi connectivity index (χ3n) is 1.47. The highest BCUT2D eigenvalue weighted by Crippen LogP contribution is 2.29. The number of carbonyl (C=O) groups excluding carboxylic acids is 1. The van der Waals surface area contributed by atoms with Crippen LogP contribution < -0.4 is 0 Å². The van der Waals surface area contributed by atoms with Gasteiger partial charge >= 0.3 is 5.69 Å². The minimum Gasteiger partial charge on any atom is -0.276 e. The number of nitrogens with zero attached hydrogens (tertiary/aromatic N) is 1. The Kier molecular flexibility index (Phi) is 3.17. The van der Waals surface area contributed by atoms with E-state index in [1.165, 1.54) is 0 Å². The van der Waals surface area contributed by atoms with Gasteiger partial charge in [0.2, 0.25) is 5.82 Å². The van der Waals surface area contributed by atoms with Gasteiger partial charge in [-0.2, -0.15) is 4.39 Å². The standard InChI is InChI=1S/C7H2BrClFNO3/c8-5-3(7(9)12)1-2-4(6(5)10)11(13)14/h1-2H. The quantitative estimate of drug-likeness (QED) is 0.476. The molecule has 0 spiro atoms. The Labute approximate surface area is 90.9 Å². The summed E-state index contributed by atoms with van der Waals surface area (Å²) in [6, 6.07) is 1.97.